The van der Waals surface area contributed by atoms with Crippen molar-refractivity contribution < 1.29 is 13.2 Å². The molecule has 0 aliphatic carbocycles. The fraction of sp³-hybridized carbons (Fsp3) is 0.375. The number of hydrogen-bond acceptors (Lipinski definition) is 5. The Balaban J connectivity index is 1.98. The van der Waals surface area contributed by atoms with Crippen LogP contribution in [0.2, 0.25) is 0 Å². The van der Waals surface area contributed by atoms with E-state index >= 15 is 0 Å². The summed E-state index contributed by atoms with van der Waals surface area (Å²) in [5.74, 6) is -0.110. The van der Waals surface area contributed by atoms with Crippen molar-refractivity contribution in [2.75, 3.05) is 11.3 Å². The van der Waals surface area contributed by atoms with Crippen LogP contribution in [0, 0.1) is 6.92 Å². The van der Waals surface area contributed by atoms with Gasteiger partial charge in [0.1, 0.15) is 0 Å². The van der Waals surface area contributed by atoms with E-state index in [9.17, 15) is 13.2 Å². The number of rotatable bonds is 8. The first-order valence-corrected chi connectivity index (χ1v) is 10.1. The predicted molar refractivity (Wildman–Crippen MR) is 95.7 cm³/mol. The molecule has 2 rings (SSSR count). The molecule has 0 aliphatic rings. The molecule has 0 fully saturated rings. The van der Waals surface area contributed by atoms with Crippen LogP contribution in [0.5, 0.6) is 0 Å². The van der Waals surface area contributed by atoms with Gasteiger partial charge in [-0.2, -0.15) is 0 Å². The van der Waals surface area contributed by atoms with Crippen molar-refractivity contribution in [2.45, 2.75) is 38.0 Å². The second kappa shape index (κ2) is 8.25. The summed E-state index contributed by atoms with van der Waals surface area (Å²) >= 11 is 1.16. The van der Waals surface area contributed by atoms with E-state index in [0.29, 0.717) is 12.2 Å². The highest BCUT2D eigenvalue weighted by Gasteiger charge is 2.16. The van der Waals surface area contributed by atoms with Gasteiger partial charge in [0.25, 0.3) is 10.0 Å². The van der Waals surface area contributed by atoms with Gasteiger partial charge in [0.05, 0.1) is 17.0 Å². The molecule has 8 heteroatoms. The molecule has 0 unspecified atom stereocenters. The topological polar surface area (TPSA) is 88.2 Å². The van der Waals surface area contributed by atoms with Crippen molar-refractivity contribution in [2.24, 2.45) is 0 Å². The van der Waals surface area contributed by atoms with Gasteiger partial charge < -0.3 is 5.32 Å². The van der Waals surface area contributed by atoms with E-state index in [2.05, 4.69) is 21.9 Å². The van der Waals surface area contributed by atoms with Crippen molar-refractivity contribution in [3.63, 3.8) is 0 Å². The first-order chi connectivity index (χ1) is 11.4. The number of nitrogens with zero attached hydrogens (tertiary/aromatic N) is 1. The first kappa shape index (κ1) is 18.4. The Bertz CT molecular complexity index is 783. The summed E-state index contributed by atoms with van der Waals surface area (Å²) in [5.41, 5.74) is 1.54. The molecule has 2 aromatic rings. The highest BCUT2D eigenvalue weighted by molar-refractivity contribution is 7.93. The molecular weight excluding hydrogens is 346 g/mol. The molecule has 0 spiro atoms. The van der Waals surface area contributed by atoms with Crippen LogP contribution in [0.3, 0.4) is 0 Å². The minimum atomic E-state index is -3.67. The number of hydrogen-bond donors (Lipinski definition) is 2. The number of amides is 1. The lowest BCUT2D eigenvalue weighted by Crippen LogP contribution is -2.26. The molecule has 1 heterocycles. The van der Waals surface area contributed by atoms with Gasteiger partial charge in [-0.15, -0.1) is 11.3 Å². The van der Waals surface area contributed by atoms with Gasteiger partial charge in [0.15, 0.2) is 5.13 Å². The molecule has 24 heavy (non-hydrogen) atoms. The molecule has 0 bridgehead atoms. The number of carbonyl (C=O) groups excluding carboxylic acids is 1. The fourth-order valence-electron chi connectivity index (χ4n) is 1.96. The summed E-state index contributed by atoms with van der Waals surface area (Å²) < 4.78 is 27.0. The monoisotopic (exact) mass is 367 g/mol. The molecule has 6 nitrogen and oxygen atoms in total. The number of carbonyl (C=O) groups is 1. The van der Waals surface area contributed by atoms with Crippen LogP contribution in [0.25, 0.3) is 0 Å². The predicted octanol–water partition coefficient (Wildman–Crippen LogP) is 2.71. The number of sulfonamides is 1. The van der Waals surface area contributed by atoms with Gasteiger partial charge in [-0.1, -0.05) is 31.0 Å². The third-order valence-electron chi connectivity index (χ3n) is 3.30. The average molecular weight is 367 g/mol. The summed E-state index contributed by atoms with van der Waals surface area (Å²) in [6, 6.07) is 6.58. The third-order valence-corrected chi connectivity index (χ3v) is 5.59. The molecule has 1 amide bonds. The van der Waals surface area contributed by atoms with Crippen LogP contribution >= 0.6 is 11.3 Å². The normalized spacial score (nSPS) is 11.2. The maximum atomic E-state index is 12.3. The maximum Gasteiger partial charge on any atom is 0.263 e. The first-order valence-electron chi connectivity index (χ1n) is 7.71. The van der Waals surface area contributed by atoms with Crippen molar-refractivity contribution >= 4 is 32.4 Å². The van der Waals surface area contributed by atoms with Crippen LogP contribution in [-0.2, 0) is 21.2 Å². The number of nitrogens with one attached hydrogen (secondary N) is 2. The van der Waals surface area contributed by atoms with Crippen LogP contribution in [0.15, 0.2) is 34.5 Å². The van der Waals surface area contributed by atoms with Crippen molar-refractivity contribution in [1.29, 1.82) is 0 Å². The second-order valence-electron chi connectivity index (χ2n) is 5.44. The number of unbranched alkanes of at least 4 members (excludes halogenated alkanes) is 1. The maximum absolute atomic E-state index is 12.3. The highest BCUT2D eigenvalue weighted by Crippen LogP contribution is 2.20. The Hall–Kier alpha value is -1.93. The number of benzene rings is 1. The minimum Gasteiger partial charge on any atom is -0.356 e. The van der Waals surface area contributed by atoms with E-state index in [4.69, 9.17) is 0 Å². The molecule has 0 radical (unpaired) electrons. The molecule has 0 saturated heterocycles. The molecule has 0 aliphatic heterocycles. The largest absolute Gasteiger partial charge is 0.356 e. The Morgan fingerprint density at radius 3 is 2.62 bits per heavy atom. The standard InChI is InChI=1S/C16H21N3O3S2/c1-3-4-9-17-15(20)10-13-11-23-16(18-13)19-24(21,22)14-7-5-12(2)6-8-14/h5-8,11H,3-4,9-10H2,1-2H3,(H,17,20)(H,18,19). The zero-order valence-corrected chi connectivity index (χ0v) is 15.3. The summed E-state index contributed by atoms with van der Waals surface area (Å²) in [6.07, 6.45) is 2.10. The van der Waals surface area contributed by atoms with Crippen molar-refractivity contribution in [3.05, 3.63) is 40.9 Å². The smallest absolute Gasteiger partial charge is 0.263 e. The van der Waals surface area contributed by atoms with Gasteiger partial charge >= 0.3 is 0 Å². The zero-order chi connectivity index (χ0) is 17.6. The summed E-state index contributed by atoms with van der Waals surface area (Å²) in [4.78, 5) is 16.1. The van der Waals surface area contributed by atoms with Crippen molar-refractivity contribution in [3.8, 4) is 0 Å². The Morgan fingerprint density at radius 2 is 1.96 bits per heavy atom. The highest BCUT2D eigenvalue weighted by atomic mass is 32.2. The average Bonchev–Trinajstić information content (AvgIpc) is 2.94. The van der Waals surface area contributed by atoms with E-state index in [1.54, 1.807) is 29.6 Å². The molecule has 1 aromatic carbocycles. The lowest BCUT2D eigenvalue weighted by atomic mass is 10.2. The van der Waals surface area contributed by atoms with Crippen LogP contribution < -0.4 is 10.0 Å². The molecule has 1 aromatic heterocycles. The van der Waals surface area contributed by atoms with Gasteiger partial charge in [0.2, 0.25) is 5.91 Å². The molecule has 0 saturated carbocycles. The lowest BCUT2D eigenvalue weighted by molar-refractivity contribution is -0.120. The molecule has 2 N–H and O–H groups in total. The van der Waals surface area contributed by atoms with E-state index < -0.39 is 10.0 Å². The fourth-order valence-corrected chi connectivity index (χ4v) is 3.92. The summed E-state index contributed by atoms with van der Waals surface area (Å²) in [6.45, 7) is 4.59. The number of aromatic nitrogens is 1. The third kappa shape index (κ3) is 5.31. The Morgan fingerprint density at radius 1 is 1.25 bits per heavy atom. The van der Waals surface area contributed by atoms with Crippen molar-refractivity contribution in [1.82, 2.24) is 10.3 Å². The van der Waals surface area contributed by atoms with E-state index in [-0.39, 0.29) is 22.4 Å². The number of aryl methyl sites for hydroxylation is 1. The zero-order valence-electron chi connectivity index (χ0n) is 13.7. The molecule has 130 valence electrons. The van der Waals surface area contributed by atoms with Gasteiger partial charge in [0, 0.05) is 11.9 Å². The minimum absolute atomic E-state index is 0.110. The second-order valence-corrected chi connectivity index (χ2v) is 7.98. The van der Waals surface area contributed by atoms with Gasteiger partial charge in [-0.3, -0.25) is 9.52 Å². The van der Waals surface area contributed by atoms with E-state index in [0.717, 1.165) is 29.7 Å². The van der Waals surface area contributed by atoms with Gasteiger partial charge in [-0.25, -0.2) is 13.4 Å². The van der Waals surface area contributed by atoms with Crippen LogP contribution in [0.1, 0.15) is 31.0 Å². The SMILES string of the molecule is CCCCNC(=O)Cc1csc(NS(=O)(=O)c2ccc(C)cc2)n1. The summed E-state index contributed by atoms with van der Waals surface area (Å²) in [7, 11) is -3.67. The summed E-state index contributed by atoms with van der Waals surface area (Å²) in [5, 5.41) is 4.75. The van der Waals surface area contributed by atoms with Crippen LogP contribution in [0.4, 0.5) is 5.13 Å². The molecular formula is C16H21N3O3S2. The van der Waals surface area contributed by atoms with E-state index in [1.165, 1.54) is 0 Å². The number of thiazole rings is 1. The van der Waals surface area contributed by atoms with Crippen LogP contribution in [-0.4, -0.2) is 25.9 Å². The van der Waals surface area contributed by atoms with E-state index in [1.807, 2.05) is 6.92 Å². The molecule has 0 atom stereocenters. The Kier molecular flexibility index (Phi) is 6.33. The number of anilines is 1. The lowest BCUT2D eigenvalue weighted by Gasteiger charge is -2.05. The van der Waals surface area contributed by atoms with Gasteiger partial charge in [-0.05, 0) is 25.5 Å². The quantitative estimate of drug-likeness (QED) is 0.702. The Labute approximate surface area is 146 Å².